The van der Waals surface area contributed by atoms with Crippen molar-refractivity contribution in [3.8, 4) is 11.4 Å². The number of H-pyrrole nitrogens is 1. The Balaban J connectivity index is 1.64. The number of hydrogen-bond donors (Lipinski definition) is 2. The number of imidazole rings is 1. The molecular formula is C18H13N3O2. The van der Waals surface area contributed by atoms with E-state index in [4.69, 9.17) is 4.42 Å². The second-order valence-electron chi connectivity index (χ2n) is 5.15. The summed E-state index contributed by atoms with van der Waals surface area (Å²) in [7, 11) is 0. The first-order valence-electron chi connectivity index (χ1n) is 7.18. The number of carbonyl (C=O) groups excluding carboxylic acids is 1. The summed E-state index contributed by atoms with van der Waals surface area (Å²) in [5, 5.41) is 2.85. The highest BCUT2D eigenvalue weighted by Gasteiger charge is 2.09. The second kappa shape index (κ2) is 5.46. The standard InChI is InChI=1S/C18H13N3O2/c22-18(13-8-9-23-11-13)19-14-5-3-4-12(10-14)17-20-15-6-1-2-7-16(15)21-17/h1-11H,(H,19,22)(H,20,21). The molecule has 0 radical (unpaired) electrons. The van der Waals surface area contributed by atoms with Gasteiger partial charge in [-0.05, 0) is 30.3 Å². The van der Waals surface area contributed by atoms with Crippen LogP contribution in [0.3, 0.4) is 0 Å². The number of nitrogens with zero attached hydrogens (tertiary/aromatic N) is 1. The summed E-state index contributed by atoms with van der Waals surface area (Å²) in [6.07, 6.45) is 2.89. The number of carbonyl (C=O) groups is 1. The molecule has 0 spiro atoms. The maximum Gasteiger partial charge on any atom is 0.258 e. The van der Waals surface area contributed by atoms with Gasteiger partial charge in [-0.15, -0.1) is 0 Å². The molecule has 4 aromatic rings. The maximum absolute atomic E-state index is 12.1. The van der Waals surface area contributed by atoms with Crippen molar-refractivity contribution < 1.29 is 9.21 Å². The van der Waals surface area contributed by atoms with Crippen LogP contribution >= 0.6 is 0 Å². The Hall–Kier alpha value is -3.34. The summed E-state index contributed by atoms with van der Waals surface area (Å²) in [4.78, 5) is 19.9. The highest BCUT2D eigenvalue weighted by molar-refractivity contribution is 6.04. The van der Waals surface area contributed by atoms with Gasteiger partial charge in [0, 0.05) is 11.3 Å². The average molecular weight is 303 g/mol. The van der Waals surface area contributed by atoms with Gasteiger partial charge >= 0.3 is 0 Å². The molecule has 0 fully saturated rings. The van der Waals surface area contributed by atoms with E-state index >= 15 is 0 Å². The molecule has 0 atom stereocenters. The summed E-state index contributed by atoms with van der Waals surface area (Å²) in [6, 6.07) is 17.0. The molecule has 0 aliphatic carbocycles. The number of aromatic nitrogens is 2. The van der Waals surface area contributed by atoms with Crippen LogP contribution < -0.4 is 5.32 Å². The SMILES string of the molecule is O=C(Nc1cccc(-c2nc3ccccc3[nH]2)c1)c1ccoc1. The molecule has 0 aliphatic rings. The highest BCUT2D eigenvalue weighted by Crippen LogP contribution is 2.23. The zero-order chi connectivity index (χ0) is 15.6. The van der Waals surface area contributed by atoms with Crippen LogP contribution in [0.25, 0.3) is 22.4 Å². The maximum atomic E-state index is 12.1. The molecule has 5 nitrogen and oxygen atoms in total. The first-order valence-corrected chi connectivity index (χ1v) is 7.18. The van der Waals surface area contributed by atoms with Crippen LogP contribution in [0.1, 0.15) is 10.4 Å². The van der Waals surface area contributed by atoms with Crippen LogP contribution in [-0.2, 0) is 0 Å². The smallest absolute Gasteiger partial charge is 0.258 e. The van der Waals surface area contributed by atoms with Crippen LogP contribution in [0, 0.1) is 0 Å². The van der Waals surface area contributed by atoms with E-state index in [1.807, 2.05) is 48.5 Å². The van der Waals surface area contributed by atoms with Gasteiger partial charge in [0.1, 0.15) is 12.1 Å². The van der Waals surface area contributed by atoms with Crippen molar-refractivity contribution in [3.63, 3.8) is 0 Å². The first-order chi connectivity index (χ1) is 11.3. The van der Waals surface area contributed by atoms with Crippen molar-refractivity contribution in [2.45, 2.75) is 0 Å². The third kappa shape index (κ3) is 2.60. The fourth-order valence-corrected chi connectivity index (χ4v) is 2.43. The molecule has 0 aliphatic heterocycles. The van der Waals surface area contributed by atoms with Crippen LogP contribution in [-0.4, -0.2) is 15.9 Å². The lowest BCUT2D eigenvalue weighted by Gasteiger charge is -2.05. The van der Waals surface area contributed by atoms with E-state index in [1.54, 1.807) is 6.07 Å². The molecule has 2 heterocycles. The molecule has 0 saturated carbocycles. The fraction of sp³-hybridized carbons (Fsp3) is 0. The number of hydrogen-bond acceptors (Lipinski definition) is 3. The number of fused-ring (bicyclic) bond motifs is 1. The molecule has 2 aromatic carbocycles. The number of furan rings is 1. The molecule has 1 amide bonds. The number of benzene rings is 2. The van der Waals surface area contributed by atoms with Crippen molar-refractivity contribution in [2.75, 3.05) is 5.32 Å². The normalized spacial score (nSPS) is 10.8. The summed E-state index contributed by atoms with van der Waals surface area (Å²) >= 11 is 0. The third-order valence-electron chi connectivity index (χ3n) is 3.57. The van der Waals surface area contributed by atoms with Crippen molar-refractivity contribution in [1.82, 2.24) is 9.97 Å². The van der Waals surface area contributed by atoms with Gasteiger partial charge in [0.05, 0.1) is 22.9 Å². The van der Waals surface area contributed by atoms with E-state index in [1.165, 1.54) is 12.5 Å². The molecule has 5 heteroatoms. The lowest BCUT2D eigenvalue weighted by molar-refractivity contribution is 0.102. The monoisotopic (exact) mass is 303 g/mol. The minimum atomic E-state index is -0.208. The van der Waals surface area contributed by atoms with Gasteiger partial charge in [0.2, 0.25) is 0 Å². The number of aromatic amines is 1. The summed E-state index contributed by atoms with van der Waals surface area (Å²) in [6.45, 7) is 0. The van der Waals surface area contributed by atoms with Gasteiger partial charge in [-0.3, -0.25) is 4.79 Å². The zero-order valence-electron chi connectivity index (χ0n) is 12.1. The van der Waals surface area contributed by atoms with E-state index in [9.17, 15) is 4.79 Å². The molecule has 2 N–H and O–H groups in total. The molecule has 112 valence electrons. The van der Waals surface area contributed by atoms with Crippen LogP contribution in [0.4, 0.5) is 5.69 Å². The van der Waals surface area contributed by atoms with Crippen LogP contribution in [0.5, 0.6) is 0 Å². The van der Waals surface area contributed by atoms with Gasteiger partial charge in [-0.25, -0.2) is 4.98 Å². The number of nitrogens with one attached hydrogen (secondary N) is 2. The first kappa shape index (κ1) is 13.3. The Morgan fingerprint density at radius 3 is 2.83 bits per heavy atom. The Morgan fingerprint density at radius 2 is 2.00 bits per heavy atom. The molecule has 2 aromatic heterocycles. The Morgan fingerprint density at radius 1 is 1.09 bits per heavy atom. The largest absolute Gasteiger partial charge is 0.472 e. The summed E-state index contributed by atoms with van der Waals surface area (Å²) in [5.41, 5.74) is 3.99. The molecule has 0 saturated heterocycles. The highest BCUT2D eigenvalue weighted by atomic mass is 16.3. The predicted octanol–water partition coefficient (Wildman–Crippen LogP) is 4.08. The van der Waals surface area contributed by atoms with E-state index < -0.39 is 0 Å². The fourth-order valence-electron chi connectivity index (χ4n) is 2.43. The van der Waals surface area contributed by atoms with E-state index in [2.05, 4.69) is 15.3 Å². The molecule has 0 unspecified atom stereocenters. The van der Waals surface area contributed by atoms with Crippen molar-refractivity contribution >= 4 is 22.6 Å². The second-order valence-corrected chi connectivity index (χ2v) is 5.15. The number of amides is 1. The van der Waals surface area contributed by atoms with E-state index in [-0.39, 0.29) is 5.91 Å². The van der Waals surface area contributed by atoms with Crippen LogP contribution in [0.15, 0.2) is 71.5 Å². The van der Waals surface area contributed by atoms with Crippen LogP contribution in [0.2, 0.25) is 0 Å². The lowest BCUT2D eigenvalue weighted by atomic mass is 10.2. The molecular weight excluding hydrogens is 290 g/mol. The van der Waals surface area contributed by atoms with Gasteiger partial charge in [0.25, 0.3) is 5.91 Å². The van der Waals surface area contributed by atoms with Gasteiger partial charge < -0.3 is 14.7 Å². The third-order valence-corrected chi connectivity index (χ3v) is 3.57. The molecule has 0 bridgehead atoms. The van der Waals surface area contributed by atoms with E-state index in [0.717, 1.165) is 22.4 Å². The molecule has 23 heavy (non-hydrogen) atoms. The Labute approximate surface area is 132 Å². The zero-order valence-corrected chi connectivity index (χ0v) is 12.1. The number of anilines is 1. The van der Waals surface area contributed by atoms with Gasteiger partial charge in [-0.1, -0.05) is 24.3 Å². The minimum absolute atomic E-state index is 0.208. The minimum Gasteiger partial charge on any atom is -0.472 e. The predicted molar refractivity (Wildman–Crippen MR) is 88.2 cm³/mol. The lowest BCUT2D eigenvalue weighted by Crippen LogP contribution is -2.10. The quantitative estimate of drug-likeness (QED) is 0.599. The Bertz CT molecular complexity index is 938. The van der Waals surface area contributed by atoms with Crippen molar-refractivity contribution in [1.29, 1.82) is 0 Å². The topological polar surface area (TPSA) is 70.9 Å². The van der Waals surface area contributed by atoms with Gasteiger partial charge in [0.15, 0.2) is 0 Å². The van der Waals surface area contributed by atoms with Gasteiger partial charge in [-0.2, -0.15) is 0 Å². The number of rotatable bonds is 3. The van der Waals surface area contributed by atoms with Crippen molar-refractivity contribution in [2.24, 2.45) is 0 Å². The molecule has 4 rings (SSSR count). The Kier molecular flexibility index (Phi) is 3.16. The van der Waals surface area contributed by atoms with E-state index in [0.29, 0.717) is 11.3 Å². The summed E-state index contributed by atoms with van der Waals surface area (Å²) < 4.78 is 4.92. The average Bonchev–Trinajstić information content (AvgIpc) is 3.24. The number of para-hydroxylation sites is 2. The summed E-state index contributed by atoms with van der Waals surface area (Å²) in [5.74, 6) is 0.561. The van der Waals surface area contributed by atoms with Crippen molar-refractivity contribution in [3.05, 3.63) is 72.7 Å².